The van der Waals surface area contributed by atoms with E-state index in [2.05, 4.69) is 26.5 Å². The Bertz CT molecular complexity index is 1090. The Balaban J connectivity index is 1.68. The van der Waals surface area contributed by atoms with Crippen LogP contribution >= 0.6 is 15.9 Å². The summed E-state index contributed by atoms with van der Waals surface area (Å²) in [4.78, 5) is 12.6. The van der Waals surface area contributed by atoms with Gasteiger partial charge < -0.3 is 14.2 Å². The molecule has 0 aliphatic rings. The zero-order chi connectivity index (χ0) is 23.5. The highest BCUT2D eigenvalue weighted by molar-refractivity contribution is 9.10. The van der Waals surface area contributed by atoms with Gasteiger partial charge in [-0.05, 0) is 55.3 Å². The third-order valence-electron chi connectivity index (χ3n) is 4.55. The number of amides is 1. The number of benzene rings is 3. The Hall–Kier alpha value is -3.32. The second kappa shape index (κ2) is 12.6. The van der Waals surface area contributed by atoms with E-state index in [0.717, 1.165) is 22.0 Å². The lowest BCUT2D eigenvalue weighted by atomic mass is 10.2. The van der Waals surface area contributed by atoms with Gasteiger partial charge in [0, 0.05) is 15.6 Å². The van der Waals surface area contributed by atoms with E-state index in [1.54, 1.807) is 24.4 Å². The molecule has 0 fully saturated rings. The minimum absolute atomic E-state index is 0.351. The zero-order valence-electron chi connectivity index (χ0n) is 18.7. The molecule has 3 aromatic carbocycles. The van der Waals surface area contributed by atoms with Gasteiger partial charge in [0.2, 0.25) is 0 Å². The molecule has 0 aliphatic heterocycles. The Kier molecular flexibility index (Phi) is 9.32. The predicted octanol–water partition coefficient (Wildman–Crippen LogP) is 5.98. The van der Waals surface area contributed by atoms with Crippen LogP contribution in [-0.2, 0) is 6.61 Å². The van der Waals surface area contributed by atoms with Gasteiger partial charge in [0.1, 0.15) is 12.4 Å². The monoisotopic (exact) mass is 510 g/mol. The quantitative estimate of drug-likeness (QED) is 0.254. The Labute approximate surface area is 202 Å². The summed E-state index contributed by atoms with van der Waals surface area (Å²) < 4.78 is 18.1. The molecule has 0 aromatic heterocycles. The lowest BCUT2D eigenvalue weighted by Gasteiger charge is -2.12. The van der Waals surface area contributed by atoms with Crippen molar-refractivity contribution in [2.45, 2.75) is 26.9 Å². The van der Waals surface area contributed by atoms with Crippen LogP contribution in [0.3, 0.4) is 0 Å². The summed E-state index contributed by atoms with van der Waals surface area (Å²) >= 11 is 3.47. The van der Waals surface area contributed by atoms with Crippen LogP contribution < -0.4 is 19.6 Å². The summed E-state index contributed by atoms with van der Waals surface area (Å²) in [5, 5.41) is 4.12. The standard InChI is InChI=1S/C26H27BrN2O4/c1-3-14-32-24-12-10-20(16-25(24)31-4-2)26(30)29-28-17-21-15-22(27)11-13-23(21)33-18-19-8-6-5-7-9-19/h5-13,15-17H,3-4,14,18H2,1-2H3,(H,29,30)/b28-17+. The van der Waals surface area contributed by atoms with Crippen LogP contribution in [0.5, 0.6) is 17.2 Å². The molecule has 172 valence electrons. The Morgan fingerprint density at radius 1 is 0.939 bits per heavy atom. The Morgan fingerprint density at radius 3 is 2.48 bits per heavy atom. The largest absolute Gasteiger partial charge is 0.490 e. The number of carbonyl (C=O) groups is 1. The molecule has 1 N–H and O–H groups in total. The third kappa shape index (κ3) is 7.36. The second-order valence-corrected chi connectivity index (χ2v) is 8.01. The highest BCUT2D eigenvalue weighted by Gasteiger charge is 2.11. The van der Waals surface area contributed by atoms with Crippen molar-refractivity contribution in [3.8, 4) is 17.2 Å². The summed E-state index contributed by atoms with van der Waals surface area (Å²) in [7, 11) is 0. The molecule has 0 heterocycles. The third-order valence-corrected chi connectivity index (χ3v) is 5.04. The van der Waals surface area contributed by atoms with Crippen molar-refractivity contribution in [2.75, 3.05) is 13.2 Å². The molecule has 0 spiro atoms. The molecule has 6 nitrogen and oxygen atoms in total. The Morgan fingerprint density at radius 2 is 1.73 bits per heavy atom. The van der Waals surface area contributed by atoms with Gasteiger partial charge in [-0.2, -0.15) is 5.10 Å². The second-order valence-electron chi connectivity index (χ2n) is 7.10. The number of ether oxygens (including phenoxy) is 3. The van der Waals surface area contributed by atoms with Crippen molar-refractivity contribution in [3.05, 3.63) is 87.9 Å². The van der Waals surface area contributed by atoms with E-state index >= 15 is 0 Å². The van der Waals surface area contributed by atoms with E-state index in [1.807, 2.05) is 62.4 Å². The van der Waals surface area contributed by atoms with Crippen molar-refractivity contribution in [1.29, 1.82) is 0 Å². The van der Waals surface area contributed by atoms with Crippen molar-refractivity contribution in [2.24, 2.45) is 5.10 Å². The van der Waals surface area contributed by atoms with Crippen LogP contribution in [0.2, 0.25) is 0 Å². The van der Waals surface area contributed by atoms with E-state index < -0.39 is 0 Å². The SMILES string of the molecule is CCCOc1ccc(C(=O)N/N=C/c2cc(Br)ccc2OCc2ccccc2)cc1OCC. The smallest absolute Gasteiger partial charge is 0.271 e. The van der Waals surface area contributed by atoms with Crippen molar-refractivity contribution < 1.29 is 19.0 Å². The fourth-order valence-corrected chi connectivity index (χ4v) is 3.34. The summed E-state index contributed by atoms with van der Waals surface area (Å²) in [6.45, 7) is 5.40. The lowest BCUT2D eigenvalue weighted by Crippen LogP contribution is -2.18. The first-order chi connectivity index (χ1) is 16.1. The van der Waals surface area contributed by atoms with Gasteiger partial charge in [0.15, 0.2) is 11.5 Å². The first-order valence-corrected chi connectivity index (χ1v) is 11.6. The van der Waals surface area contributed by atoms with Gasteiger partial charge >= 0.3 is 0 Å². The molecule has 7 heteroatoms. The summed E-state index contributed by atoms with van der Waals surface area (Å²) in [5.74, 6) is 1.46. The topological polar surface area (TPSA) is 69.2 Å². The molecule has 0 aliphatic carbocycles. The molecule has 3 rings (SSSR count). The number of nitrogens with zero attached hydrogens (tertiary/aromatic N) is 1. The number of carbonyl (C=O) groups excluding carboxylic acids is 1. The summed E-state index contributed by atoms with van der Waals surface area (Å²) in [6.07, 6.45) is 2.44. The van der Waals surface area contributed by atoms with Crippen LogP contribution in [-0.4, -0.2) is 25.3 Å². The van der Waals surface area contributed by atoms with Gasteiger partial charge in [-0.25, -0.2) is 5.43 Å². The molecule has 0 saturated heterocycles. The zero-order valence-corrected chi connectivity index (χ0v) is 20.3. The number of halogens is 1. The lowest BCUT2D eigenvalue weighted by molar-refractivity contribution is 0.0954. The van der Waals surface area contributed by atoms with Gasteiger partial charge in [-0.15, -0.1) is 0 Å². The molecule has 3 aromatic rings. The van der Waals surface area contributed by atoms with Gasteiger partial charge in [0.05, 0.1) is 19.4 Å². The van der Waals surface area contributed by atoms with E-state index in [4.69, 9.17) is 14.2 Å². The van der Waals surface area contributed by atoms with Crippen molar-refractivity contribution >= 4 is 28.1 Å². The van der Waals surface area contributed by atoms with E-state index in [1.165, 1.54) is 0 Å². The van der Waals surface area contributed by atoms with Crippen LogP contribution in [0.4, 0.5) is 0 Å². The normalized spacial score (nSPS) is 10.8. The van der Waals surface area contributed by atoms with E-state index in [-0.39, 0.29) is 5.91 Å². The van der Waals surface area contributed by atoms with Crippen molar-refractivity contribution in [3.63, 3.8) is 0 Å². The van der Waals surface area contributed by atoms with Gasteiger partial charge in [0.25, 0.3) is 5.91 Å². The fraction of sp³-hybridized carbons (Fsp3) is 0.231. The number of rotatable bonds is 11. The van der Waals surface area contributed by atoms with Crippen molar-refractivity contribution in [1.82, 2.24) is 5.43 Å². The molecule has 0 radical (unpaired) electrons. The van der Waals surface area contributed by atoms with Crippen LogP contribution in [0.25, 0.3) is 0 Å². The molecular formula is C26H27BrN2O4. The average Bonchev–Trinajstić information content (AvgIpc) is 2.83. The van der Waals surface area contributed by atoms with Crippen LogP contribution in [0.15, 0.2) is 76.3 Å². The van der Waals surface area contributed by atoms with E-state index in [9.17, 15) is 4.79 Å². The average molecular weight is 511 g/mol. The fourth-order valence-electron chi connectivity index (χ4n) is 2.96. The molecule has 0 bridgehead atoms. The summed E-state index contributed by atoms with van der Waals surface area (Å²) in [5.41, 5.74) is 4.79. The number of hydrogen-bond acceptors (Lipinski definition) is 5. The molecule has 33 heavy (non-hydrogen) atoms. The molecule has 1 amide bonds. The van der Waals surface area contributed by atoms with Crippen LogP contribution in [0, 0.1) is 0 Å². The maximum Gasteiger partial charge on any atom is 0.271 e. The molecule has 0 unspecified atom stereocenters. The first kappa shape index (κ1) is 24.3. The van der Waals surface area contributed by atoms with Gasteiger partial charge in [-0.3, -0.25) is 4.79 Å². The van der Waals surface area contributed by atoms with Crippen LogP contribution in [0.1, 0.15) is 41.8 Å². The highest BCUT2D eigenvalue weighted by atomic mass is 79.9. The number of hydrazone groups is 1. The van der Waals surface area contributed by atoms with Gasteiger partial charge in [-0.1, -0.05) is 53.2 Å². The predicted molar refractivity (Wildman–Crippen MR) is 133 cm³/mol. The highest BCUT2D eigenvalue weighted by Crippen LogP contribution is 2.29. The molecular weight excluding hydrogens is 484 g/mol. The minimum Gasteiger partial charge on any atom is -0.490 e. The summed E-state index contributed by atoms with van der Waals surface area (Å²) in [6, 6.07) is 20.6. The minimum atomic E-state index is -0.351. The first-order valence-electron chi connectivity index (χ1n) is 10.8. The maximum absolute atomic E-state index is 12.6. The maximum atomic E-state index is 12.6. The molecule has 0 atom stereocenters. The molecule has 0 saturated carbocycles. The van der Waals surface area contributed by atoms with E-state index in [0.29, 0.717) is 42.6 Å². The number of hydrogen-bond donors (Lipinski definition) is 1. The number of nitrogens with one attached hydrogen (secondary N) is 1.